The minimum atomic E-state index is 0.103. The summed E-state index contributed by atoms with van der Waals surface area (Å²) in [5, 5.41) is 6.51. The van der Waals surface area contributed by atoms with E-state index < -0.39 is 0 Å². The number of hydrogen-bond acceptors (Lipinski definition) is 2. The first-order chi connectivity index (χ1) is 23.8. The van der Waals surface area contributed by atoms with Gasteiger partial charge in [0, 0.05) is 39.5 Å². The summed E-state index contributed by atoms with van der Waals surface area (Å²) in [4.78, 5) is 7.94. The number of nitrogens with zero attached hydrogens (tertiary/aromatic N) is 3. The Morgan fingerprint density at radius 3 is 2.42 bits per heavy atom. The summed E-state index contributed by atoms with van der Waals surface area (Å²) in [7, 11) is 0. The van der Waals surface area contributed by atoms with Crippen LogP contribution in [0.1, 0.15) is 48.0 Å². The molecule has 48 heavy (non-hydrogen) atoms. The topological polar surface area (TPSA) is 21.1 Å². The Kier molecular flexibility index (Phi) is 6.26. The van der Waals surface area contributed by atoms with Gasteiger partial charge in [0.2, 0.25) is 0 Å². The minimum absolute atomic E-state index is 0.103. The molecule has 3 atom stereocenters. The van der Waals surface area contributed by atoms with Crippen LogP contribution in [0.25, 0.3) is 45.1 Å². The molecule has 3 nitrogen and oxygen atoms in total. The van der Waals surface area contributed by atoms with Crippen molar-refractivity contribution in [2.24, 2.45) is 0 Å². The highest BCUT2D eigenvalue weighted by Crippen LogP contribution is 2.51. The standard InChI is InChI=1S/C45H35N3/c1-4-15-31(16-5-1)39-26-34(27-40(46-39)32-17-6-2-7-18-32)48-42-25-24-30-14-10-11-21-35(30)45(42)38-28-37-36-22-12-13-23-41(36)47(43(37)29-44(38)48)33-19-8-3-9-20-33/h1,3-6,8-15,17-29,31,38,44H,2,7,16H2. The maximum Gasteiger partial charge on any atom is 0.0722 e. The average molecular weight is 618 g/mol. The number of rotatable bonds is 4. The Balaban J connectivity index is 1.26. The molecule has 1 aliphatic heterocycles. The number of pyridine rings is 1. The van der Waals surface area contributed by atoms with Gasteiger partial charge in [-0.25, -0.2) is 0 Å². The fourth-order valence-corrected chi connectivity index (χ4v) is 8.45. The van der Waals surface area contributed by atoms with Gasteiger partial charge in [-0.15, -0.1) is 0 Å². The summed E-state index contributed by atoms with van der Waals surface area (Å²) < 4.78 is 2.46. The van der Waals surface area contributed by atoms with Gasteiger partial charge >= 0.3 is 0 Å². The summed E-state index contributed by atoms with van der Waals surface area (Å²) in [6.45, 7) is 0. The number of hydrogen-bond donors (Lipinski definition) is 0. The molecule has 0 saturated heterocycles. The molecule has 230 valence electrons. The zero-order valence-corrected chi connectivity index (χ0v) is 26.7. The molecule has 4 aromatic carbocycles. The lowest BCUT2D eigenvalue weighted by molar-refractivity contribution is 0.786. The second-order valence-corrected chi connectivity index (χ2v) is 13.4. The fraction of sp³-hybridized carbons (Fsp3) is 0.133. The smallest absolute Gasteiger partial charge is 0.0722 e. The fourth-order valence-electron chi connectivity index (χ4n) is 8.45. The molecule has 2 aromatic heterocycles. The van der Waals surface area contributed by atoms with Gasteiger partial charge in [-0.2, -0.15) is 0 Å². The van der Waals surface area contributed by atoms with Crippen LogP contribution in [-0.4, -0.2) is 15.6 Å². The van der Waals surface area contributed by atoms with E-state index in [1.165, 1.54) is 60.4 Å². The van der Waals surface area contributed by atoms with E-state index in [-0.39, 0.29) is 17.9 Å². The Morgan fingerprint density at radius 2 is 1.56 bits per heavy atom. The molecule has 3 aliphatic carbocycles. The summed E-state index contributed by atoms with van der Waals surface area (Å²) >= 11 is 0. The van der Waals surface area contributed by atoms with Gasteiger partial charge in [0.15, 0.2) is 0 Å². The van der Waals surface area contributed by atoms with Crippen LogP contribution in [0, 0.1) is 0 Å². The van der Waals surface area contributed by atoms with E-state index in [9.17, 15) is 0 Å². The molecular formula is C45H35N3. The highest BCUT2D eigenvalue weighted by molar-refractivity contribution is 5.98. The third-order valence-corrected chi connectivity index (χ3v) is 10.6. The van der Waals surface area contributed by atoms with Gasteiger partial charge in [-0.05, 0) is 83.6 Å². The third kappa shape index (κ3) is 4.24. The van der Waals surface area contributed by atoms with E-state index in [1.807, 2.05) is 0 Å². The summed E-state index contributed by atoms with van der Waals surface area (Å²) in [5.74, 6) is 0.449. The van der Waals surface area contributed by atoms with Crippen molar-refractivity contribution in [2.45, 2.75) is 37.1 Å². The Bertz CT molecular complexity index is 2510. The van der Waals surface area contributed by atoms with Crippen LogP contribution in [0.15, 0.2) is 146 Å². The van der Waals surface area contributed by atoms with Gasteiger partial charge in [-0.1, -0.05) is 115 Å². The molecule has 4 aliphatic rings. The predicted octanol–water partition coefficient (Wildman–Crippen LogP) is 9.39. The average Bonchev–Trinajstić information content (AvgIpc) is 3.67. The molecule has 0 spiro atoms. The number of anilines is 2. The van der Waals surface area contributed by atoms with Crippen LogP contribution < -0.4 is 15.5 Å². The Morgan fingerprint density at radius 1 is 0.708 bits per heavy atom. The number of benzene rings is 4. The lowest BCUT2D eigenvalue weighted by Crippen LogP contribution is -2.40. The van der Waals surface area contributed by atoms with Crippen LogP contribution in [0.2, 0.25) is 0 Å². The van der Waals surface area contributed by atoms with Crippen LogP contribution in [0.3, 0.4) is 0 Å². The number of fused-ring (bicyclic) bond motifs is 8. The van der Waals surface area contributed by atoms with Crippen molar-refractivity contribution in [3.05, 3.63) is 173 Å². The van der Waals surface area contributed by atoms with Crippen LogP contribution in [0.4, 0.5) is 11.4 Å². The van der Waals surface area contributed by atoms with E-state index in [1.54, 1.807) is 0 Å². The summed E-state index contributed by atoms with van der Waals surface area (Å²) in [6.07, 6.45) is 24.0. The molecule has 10 rings (SSSR count). The van der Waals surface area contributed by atoms with Gasteiger partial charge < -0.3 is 9.47 Å². The molecule has 0 bridgehead atoms. The molecular weight excluding hydrogens is 583 g/mol. The summed E-state index contributed by atoms with van der Waals surface area (Å²) in [5.41, 5.74) is 9.75. The lowest BCUT2D eigenvalue weighted by Gasteiger charge is -2.30. The molecule has 3 heterocycles. The largest absolute Gasteiger partial charge is 0.333 e. The van der Waals surface area contributed by atoms with Gasteiger partial charge in [0.05, 0.1) is 28.3 Å². The van der Waals surface area contributed by atoms with E-state index in [0.29, 0.717) is 0 Å². The zero-order valence-electron chi connectivity index (χ0n) is 26.7. The van der Waals surface area contributed by atoms with Crippen molar-refractivity contribution in [1.29, 1.82) is 0 Å². The molecule has 0 radical (unpaired) electrons. The van der Waals surface area contributed by atoms with Crippen molar-refractivity contribution < 1.29 is 0 Å². The predicted molar refractivity (Wildman–Crippen MR) is 200 cm³/mol. The van der Waals surface area contributed by atoms with Crippen molar-refractivity contribution in [3.63, 3.8) is 0 Å². The summed E-state index contributed by atoms with van der Waals surface area (Å²) in [6, 6.07) is 38.1. The highest BCUT2D eigenvalue weighted by atomic mass is 15.2. The van der Waals surface area contributed by atoms with Crippen LogP contribution >= 0.6 is 0 Å². The Hall–Kier alpha value is -5.67. The van der Waals surface area contributed by atoms with Crippen molar-refractivity contribution in [2.75, 3.05) is 4.90 Å². The second kappa shape index (κ2) is 11.0. The van der Waals surface area contributed by atoms with Crippen molar-refractivity contribution in [1.82, 2.24) is 9.55 Å². The molecule has 0 N–H and O–H groups in total. The van der Waals surface area contributed by atoms with Crippen molar-refractivity contribution >= 4 is 50.8 Å². The van der Waals surface area contributed by atoms with Gasteiger partial charge in [0.1, 0.15) is 0 Å². The maximum atomic E-state index is 5.33. The second-order valence-electron chi connectivity index (χ2n) is 13.4. The molecule has 3 unspecified atom stereocenters. The maximum absolute atomic E-state index is 5.33. The van der Waals surface area contributed by atoms with Gasteiger partial charge in [-0.3, -0.25) is 4.98 Å². The van der Waals surface area contributed by atoms with E-state index >= 15 is 0 Å². The van der Waals surface area contributed by atoms with E-state index in [4.69, 9.17) is 4.98 Å². The lowest BCUT2D eigenvalue weighted by atomic mass is 9.87. The minimum Gasteiger partial charge on any atom is -0.333 e. The van der Waals surface area contributed by atoms with Gasteiger partial charge in [0.25, 0.3) is 0 Å². The molecule has 3 heteroatoms. The SMILES string of the molecule is C1=CCC(c2cc(N3c4ccc5ccccc5c4C4C=c5c(n(-c6ccccc6)c6ccccc56)=CC43)cc(C3=CCCC=C3)n2)C=C1. The van der Waals surface area contributed by atoms with E-state index in [2.05, 4.69) is 167 Å². The van der Waals surface area contributed by atoms with Crippen LogP contribution in [0.5, 0.6) is 0 Å². The third-order valence-electron chi connectivity index (χ3n) is 10.6. The molecule has 0 amide bonds. The molecule has 0 fully saturated rings. The van der Waals surface area contributed by atoms with E-state index in [0.717, 1.165) is 30.7 Å². The normalized spacial score (nSPS) is 20.6. The quantitative estimate of drug-likeness (QED) is 0.197. The first kappa shape index (κ1) is 27.4. The monoisotopic (exact) mass is 617 g/mol. The first-order valence-corrected chi connectivity index (χ1v) is 17.2. The number of allylic oxidation sites excluding steroid dienone is 8. The first-order valence-electron chi connectivity index (χ1n) is 17.2. The molecule has 0 saturated carbocycles. The number of aromatic nitrogens is 2. The molecule has 6 aromatic rings. The highest BCUT2D eigenvalue weighted by Gasteiger charge is 2.40. The Labute approximate surface area is 280 Å². The van der Waals surface area contributed by atoms with Crippen molar-refractivity contribution in [3.8, 4) is 5.69 Å². The number of para-hydroxylation sites is 2. The zero-order chi connectivity index (χ0) is 31.6. The van der Waals surface area contributed by atoms with Crippen LogP contribution in [-0.2, 0) is 0 Å².